The molecule has 0 bridgehead atoms. The summed E-state index contributed by atoms with van der Waals surface area (Å²) in [6.07, 6.45) is 3.88. The van der Waals surface area contributed by atoms with Crippen LogP contribution in [-0.4, -0.2) is 28.3 Å². The van der Waals surface area contributed by atoms with Gasteiger partial charge in [-0.3, -0.25) is 4.79 Å². The quantitative estimate of drug-likeness (QED) is 0.364. The maximum atomic E-state index is 12.8. The Balaban J connectivity index is 1.66. The van der Waals surface area contributed by atoms with Crippen LogP contribution < -0.4 is 19.6 Å². The largest absolute Gasteiger partial charge is 0.493 e. The lowest BCUT2D eigenvalue weighted by atomic mass is 10.2. The van der Waals surface area contributed by atoms with Gasteiger partial charge < -0.3 is 9.47 Å². The molecule has 0 unspecified atom stereocenters. The lowest BCUT2D eigenvalue weighted by molar-refractivity contribution is 0.288. The first kappa shape index (κ1) is 20.6. The van der Waals surface area contributed by atoms with Crippen LogP contribution in [-0.2, 0) is 0 Å². The Hall–Kier alpha value is -2.71. The van der Waals surface area contributed by atoms with Gasteiger partial charge in [0, 0.05) is 10.0 Å². The number of hydrogen-bond acceptors (Lipinski definition) is 6. The van der Waals surface area contributed by atoms with E-state index in [0.717, 1.165) is 28.4 Å². The summed E-state index contributed by atoms with van der Waals surface area (Å²) in [5.74, 6) is 1.88. The fourth-order valence-corrected chi connectivity index (χ4v) is 4.10. The van der Waals surface area contributed by atoms with Crippen LogP contribution in [0.5, 0.6) is 11.5 Å². The van der Waals surface area contributed by atoms with Crippen LogP contribution in [0.15, 0.2) is 51.7 Å². The van der Waals surface area contributed by atoms with Crippen LogP contribution in [0, 0.1) is 0 Å². The lowest BCUT2D eigenvalue weighted by Crippen LogP contribution is -2.23. The second-order valence-electron chi connectivity index (χ2n) is 6.66. The van der Waals surface area contributed by atoms with Gasteiger partial charge in [-0.1, -0.05) is 58.8 Å². The van der Waals surface area contributed by atoms with E-state index in [0.29, 0.717) is 33.4 Å². The number of thiazole rings is 1. The second kappa shape index (κ2) is 8.97. The molecule has 0 aliphatic rings. The fraction of sp³-hybridized carbons (Fsp3) is 0.227. The molecule has 2 aromatic carbocycles. The average molecular weight is 486 g/mol. The number of methoxy groups -OCH3 is 1. The number of ether oxygens (including phenoxy) is 2. The Morgan fingerprint density at radius 1 is 1.17 bits per heavy atom. The highest BCUT2D eigenvalue weighted by atomic mass is 79.9. The smallest absolute Gasteiger partial charge is 0.291 e. The molecule has 0 fully saturated rings. The van der Waals surface area contributed by atoms with Gasteiger partial charge in [0.15, 0.2) is 17.3 Å². The van der Waals surface area contributed by atoms with Crippen molar-refractivity contribution >= 4 is 38.3 Å². The van der Waals surface area contributed by atoms with E-state index >= 15 is 0 Å². The topological polar surface area (TPSA) is 65.7 Å². The van der Waals surface area contributed by atoms with Crippen molar-refractivity contribution in [2.75, 3.05) is 13.7 Å². The fourth-order valence-electron chi connectivity index (χ4n) is 2.93. The maximum absolute atomic E-state index is 12.8. The van der Waals surface area contributed by atoms with Crippen molar-refractivity contribution in [1.29, 1.82) is 0 Å². The molecule has 0 aliphatic carbocycles. The van der Waals surface area contributed by atoms with E-state index in [2.05, 4.69) is 32.9 Å². The number of benzene rings is 2. The molecule has 30 heavy (non-hydrogen) atoms. The molecule has 2 heterocycles. The summed E-state index contributed by atoms with van der Waals surface area (Å²) < 4.78 is 14.1. The summed E-state index contributed by atoms with van der Waals surface area (Å²) in [6.45, 7) is 2.77. The van der Waals surface area contributed by atoms with E-state index in [-0.39, 0.29) is 5.56 Å². The Labute approximate surface area is 185 Å². The number of aromatic nitrogens is 3. The first-order valence-electron chi connectivity index (χ1n) is 9.57. The van der Waals surface area contributed by atoms with E-state index < -0.39 is 0 Å². The van der Waals surface area contributed by atoms with Crippen molar-refractivity contribution in [2.24, 2.45) is 0 Å². The molecule has 0 N–H and O–H groups in total. The number of hydrogen-bond donors (Lipinski definition) is 0. The predicted molar refractivity (Wildman–Crippen MR) is 122 cm³/mol. The van der Waals surface area contributed by atoms with E-state index in [1.807, 2.05) is 48.5 Å². The summed E-state index contributed by atoms with van der Waals surface area (Å²) in [5.41, 5.74) is 1.53. The van der Waals surface area contributed by atoms with E-state index in [9.17, 15) is 4.79 Å². The number of halogens is 1. The summed E-state index contributed by atoms with van der Waals surface area (Å²) >= 11 is 4.72. The monoisotopic (exact) mass is 485 g/mol. The highest BCUT2D eigenvalue weighted by molar-refractivity contribution is 9.10. The van der Waals surface area contributed by atoms with Gasteiger partial charge in [-0.2, -0.15) is 9.50 Å². The van der Waals surface area contributed by atoms with Gasteiger partial charge in [-0.15, -0.1) is 5.10 Å². The lowest BCUT2D eigenvalue weighted by Gasteiger charge is -2.10. The zero-order chi connectivity index (χ0) is 21.1. The minimum absolute atomic E-state index is 0.187. The standard InChI is InChI=1S/C22H20BrN3O3S/c1-3-4-11-29-17-10-5-14(12-18(17)28-2)13-19-21(27)26-22(30-19)24-20(25-26)15-6-8-16(23)9-7-15/h5-10,12-13H,3-4,11H2,1-2H3. The highest BCUT2D eigenvalue weighted by Crippen LogP contribution is 2.28. The first-order valence-corrected chi connectivity index (χ1v) is 11.2. The molecular weight excluding hydrogens is 466 g/mol. The predicted octanol–water partition coefficient (Wildman–Crippen LogP) is 4.32. The highest BCUT2D eigenvalue weighted by Gasteiger charge is 2.12. The zero-order valence-electron chi connectivity index (χ0n) is 16.6. The van der Waals surface area contributed by atoms with Crippen molar-refractivity contribution in [3.05, 3.63) is 67.4 Å². The minimum atomic E-state index is -0.187. The molecule has 154 valence electrons. The van der Waals surface area contributed by atoms with Gasteiger partial charge in [-0.05, 0) is 42.3 Å². The van der Waals surface area contributed by atoms with Crippen LogP contribution in [0.1, 0.15) is 25.3 Å². The third-order valence-corrected chi connectivity index (χ3v) is 6.01. The van der Waals surface area contributed by atoms with Gasteiger partial charge in [0.05, 0.1) is 18.2 Å². The molecule has 0 atom stereocenters. The first-order chi connectivity index (χ1) is 14.6. The number of unbranched alkanes of at least 4 members (excludes halogenated alkanes) is 1. The Morgan fingerprint density at radius 2 is 1.97 bits per heavy atom. The van der Waals surface area contributed by atoms with Gasteiger partial charge >= 0.3 is 0 Å². The summed E-state index contributed by atoms with van der Waals surface area (Å²) in [4.78, 5) is 17.9. The summed E-state index contributed by atoms with van der Waals surface area (Å²) in [6, 6.07) is 13.3. The molecule has 0 saturated carbocycles. The number of nitrogens with zero attached hydrogens (tertiary/aromatic N) is 3. The zero-order valence-corrected chi connectivity index (χ0v) is 19.0. The Kier molecular flexibility index (Phi) is 6.15. The van der Waals surface area contributed by atoms with Gasteiger partial charge in [0.1, 0.15) is 0 Å². The maximum Gasteiger partial charge on any atom is 0.291 e. The average Bonchev–Trinajstić information content (AvgIpc) is 3.29. The van der Waals surface area contributed by atoms with E-state index in [4.69, 9.17) is 9.47 Å². The molecule has 4 rings (SSSR count). The summed E-state index contributed by atoms with van der Waals surface area (Å²) in [7, 11) is 1.61. The molecular formula is C22H20BrN3O3S. The van der Waals surface area contributed by atoms with Crippen LogP contribution in [0.4, 0.5) is 0 Å². The molecule has 0 amide bonds. The molecule has 6 nitrogen and oxygen atoms in total. The van der Waals surface area contributed by atoms with Gasteiger partial charge in [0.2, 0.25) is 4.96 Å². The van der Waals surface area contributed by atoms with Crippen molar-refractivity contribution in [2.45, 2.75) is 19.8 Å². The number of rotatable bonds is 7. The minimum Gasteiger partial charge on any atom is -0.493 e. The molecule has 0 aliphatic heterocycles. The normalized spacial score (nSPS) is 11.9. The van der Waals surface area contributed by atoms with Crippen LogP contribution in [0.2, 0.25) is 0 Å². The van der Waals surface area contributed by atoms with Gasteiger partial charge in [-0.25, -0.2) is 0 Å². The second-order valence-corrected chi connectivity index (χ2v) is 8.59. The Morgan fingerprint density at radius 3 is 2.67 bits per heavy atom. The SMILES string of the molecule is CCCCOc1ccc(C=c2sc3nc(-c4ccc(Br)cc4)nn3c2=O)cc1OC. The van der Waals surface area contributed by atoms with Crippen LogP contribution >= 0.6 is 27.3 Å². The Bertz CT molecular complexity index is 1280. The van der Waals surface area contributed by atoms with Gasteiger partial charge in [0.25, 0.3) is 5.56 Å². The van der Waals surface area contributed by atoms with E-state index in [1.165, 1.54) is 15.9 Å². The molecule has 0 spiro atoms. The third kappa shape index (κ3) is 4.24. The molecule has 8 heteroatoms. The summed E-state index contributed by atoms with van der Waals surface area (Å²) in [5, 5.41) is 4.39. The molecule has 0 saturated heterocycles. The van der Waals surface area contributed by atoms with Crippen LogP contribution in [0.25, 0.3) is 22.4 Å². The van der Waals surface area contributed by atoms with E-state index in [1.54, 1.807) is 7.11 Å². The number of fused-ring (bicyclic) bond motifs is 1. The molecule has 4 aromatic rings. The van der Waals surface area contributed by atoms with Crippen molar-refractivity contribution < 1.29 is 9.47 Å². The van der Waals surface area contributed by atoms with Crippen LogP contribution in [0.3, 0.4) is 0 Å². The van der Waals surface area contributed by atoms with Crippen molar-refractivity contribution in [1.82, 2.24) is 14.6 Å². The molecule has 0 radical (unpaired) electrons. The van der Waals surface area contributed by atoms with Crippen molar-refractivity contribution in [3.63, 3.8) is 0 Å². The molecule has 2 aromatic heterocycles. The third-order valence-electron chi connectivity index (χ3n) is 4.53. The van der Waals surface area contributed by atoms with Crippen molar-refractivity contribution in [3.8, 4) is 22.9 Å².